The molecule has 0 saturated carbocycles. The van der Waals surface area contributed by atoms with Gasteiger partial charge in [0, 0.05) is 12.4 Å². The van der Waals surface area contributed by atoms with Gasteiger partial charge >= 0.3 is 0 Å². The molecule has 6 heteroatoms. The highest BCUT2D eigenvalue weighted by molar-refractivity contribution is 6.29. The number of halogens is 1. The molecule has 0 aromatic carbocycles. The molecule has 1 N–H and O–H groups in total. The summed E-state index contributed by atoms with van der Waals surface area (Å²) in [4.78, 5) is 15.3. The summed E-state index contributed by atoms with van der Waals surface area (Å²) < 4.78 is 1.61. The number of carbonyl (C=O) groups is 1. The third-order valence-corrected chi connectivity index (χ3v) is 2.20. The molecule has 2 rings (SSSR count). The number of hydrogen-bond acceptors (Lipinski definition) is 3. The molecular weight excluding hydrogens is 216 g/mol. The Labute approximate surface area is 91.1 Å². The lowest BCUT2D eigenvalue weighted by atomic mass is 10.4. The van der Waals surface area contributed by atoms with Crippen LogP contribution in [0.2, 0.25) is 0 Å². The number of aryl methyl sites for hydroxylation is 1. The molecule has 15 heavy (non-hydrogen) atoms. The summed E-state index contributed by atoms with van der Waals surface area (Å²) in [6, 6.07) is 1.77. The molecule has 0 bridgehead atoms. The van der Waals surface area contributed by atoms with Crippen LogP contribution in [0.25, 0.3) is 5.65 Å². The Kier molecular flexibility index (Phi) is 2.55. The van der Waals surface area contributed by atoms with Gasteiger partial charge in [-0.1, -0.05) is 0 Å². The molecule has 2 heterocycles. The predicted octanol–water partition coefficient (Wildman–Crippen LogP) is 1.22. The van der Waals surface area contributed by atoms with Crippen molar-refractivity contribution in [3.05, 3.63) is 24.2 Å². The minimum Gasteiger partial charge on any atom is -0.320 e. The van der Waals surface area contributed by atoms with E-state index < -0.39 is 0 Å². The molecule has 0 unspecified atom stereocenters. The van der Waals surface area contributed by atoms with Gasteiger partial charge in [-0.15, -0.1) is 11.6 Å². The van der Waals surface area contributed by atoms with E-state index in [1.165, 1.54) is 0 Å². The maximum Gasteiger partial charge on any atom is 0.239 e. The lowest BCUT2D eigenvalue weighted by Gasteiger charge is -2.00. The monoisotopic (exact) mass is 224 g/mol. The highest BCUT2D eigenvalue weighted by atomic mass is 35.5. The van der Waals surface area contributed by atoms with Gasteiger partial charge in [0.15, 0.2) is 5.65 Å². The Balaban J connectivity index is 2.49. The average molecular weight is 225 g/mol. The van der Waals surface area contributed by atoms with Crippen LogP contribution < -0.4 is 5.32 Å². The summed E-state index contributed by atoms with van der Waals surface area (Å²) in [5.41, 5.74) is 1.95. The fourth-order valence-corrected chi connectivity index (χ4v) is 1.38. The SMILES string of the molecule is Cc1nn2cccnc2c1NC(=O)CCl. The van der Waals surface area contributed by atoms with Gasteiger partial charge in [-0.3, -0.25) is 4.79 Å². The van der Waals surface area contributed by atoms with Crippen molar-refractivity contribution in [1.29, 1.82) is 0 Å². The van der Waals surface area contributed by atoms with Gasteiger partial charge in [0.05, 0.1) is 5.69 Å². The molecule has 78 valence electrons. The largest absolute Gasteiger partial charge is 0.320 e. The van der Waals surface area contributed by atoms with Gasteiger partial charge in [-0.2, -0.15) is 5.10 Å². The summed E-state index contributed by atoms with van der Waals surface area (Å²) in [6.07, 6.45) is 3.42. The number of nitrogens with zero attached hydrogens (tertiary/aromatic N) is 3. The number of carbonyl (C=O) groups excluding carboxylic acids is 1. The van der Waals surface area contributed by atoms with Gasteiger partial charge in [0.2, 0.25) is 5.91 Å². The van der Waals surface area contributed by atoms with Gasteiger partial charge in [0.1, 0.15) is 11.6 Å². The molecule has 0 radical (unpaired) electrons. The first-order valence-electron chi connectivity index (χ1n) is 4.38. The molecule has 5 nitrogen and oxygen atoms in total. The van der Waals surface area contributed by atoms with Crippen molar-refractivity contribution in [2.45, 2.75) is 6.92 Å². The van der Waals surface area contributed by atoms with Crippen LogP contribution in [-0.2, 0) is 4.79 Å². The number of anilines is 1. The fraction of sp³-hybridized carbons (Fsp3) is 0.222. The molecule has 0 saturated heterocycles. The highest BCUT2D eigenvalue weighted by Gasteiger charge is 2.11. The van der Waals surface area contributed by atoms with E-state index in [4.69, 9.17) is 11.6 Å². The van der Waals surface area contributed by atoms with E-state index >= 15 is 0 Å². The Bertz CT molecular complexity index is 508. The first kappa shape index (κ1) is 9.92. The molecule has 0 aliphatic carbocycles. The molecule has 1 amide bonds. The highest BCUT2D eigenvalue weighted by Crippen LogP contribution is 2.18. The molecule has 2 aromatic heterocycles. The van der Waals surface area contributed by atoms with Crippen molar-refractivity contribution >= 4 is 28.8 Å². The zero-order chi connectivity index (χ0) is 10.8. The molecule has 2 aromatic rings. The van der Waals surface area contributed by atoms with Crippen molar-refractivity contribution < 1.29 is 4.79 Å². The molecule has 0 aliphatic rings. The van der Waals surface area contributed by atoms with E-state index in [2.05, 4.69) is 15.4 Å². The third kappa shape index (κ3) is 1.78. The van der Waals surface area contributed by atoms with Gasteiger partial charge < -0.3 is 5.32 Å². The topological polar surface area (TPSA) is 59.3 Å². The van der Waals surface area contributed by atoms with Crippen LogP contribution in [0.4, 0.5) is 5.69 Å². The summed E-state index contributed by atoms with van der Waals surface area (Å²) in [6.45, 7) is 1.80. The quantitative estimate of drug-likeness (QED) is 0.781. The number of rotatable bonds is 2. The predicted molar refractivity (Wildman–Crippen MR) is 57.1 cm³/mol. The molecule has 0 atom stereocenters. The van der Waals surface area contributed by atoms with Crippen molar-refractivity contribution in [2.75, 3.05) is 11.2 Å². The Morgan fingerprint density at radius 1 is 1.67 bits per heavy atom. The van der Waals surface area contributed by atoms with Crippen molar-refractivity contribution in [2.24, 2.45) is 0 Å². The minimum atomic E-state index is -0.264. The number of fused-ring (bicyclic) bond motifs is 1. The summed E-state index contributed by atoms with van der Waals surface area (Å²) >= 11 is 5.41. The normalized spacial score (nSPS) is 10.5. The van der Waals surface area contributed by atoms with Crippen LogP contribution in [0, 0.1) is 6.92 Å². The minimum absolute atomic E-state index is 0.0797. The second-order valence-corrected chi connectivity index (χ2v) is 3.30. The summed E-state index contributed by atoms with van der Waals surface area (Å²) in [5, 5.41) is 6.86. The van der Waals surface area contributed by atoms with E-state index in [0.29, 0.717) is 17.0 Å². The van der Waals surface area contributed by atoms with Crippen molar-refractivity contribution in [3.8, 4) is 0 Å². The lowest BCUT2D eigenvalue weighted by molar-refractivity contribution is -0.113. The maximum absolute atomic E-state index is 11.2. The molecule has 0 spiro atoms. The van der Waals surface area contributed by atoms with E-state index in [0.717, 1.165) is 0 Å². The van der Waals surface area contributed by atoms with Crippen molar-refractivity contribution in [1.82, 2.24) is 14.6 Å². The average Bonchev–Trinajstić information content (AvgIpc) is 2.55. The number of hydrogen-bond donors (Lipinski definition) is 1. The Morgan fingerprint density at radius 2 is 2.47 bits per heavy atom. The Hall–Kier alpha value is -1.62. The number of nitrogens with one attached hydrogen (secondary N) is 1. The van der Waals surface area contributed by atoms with Crippen LogP contribution in [0.1, 0.15) is 5.69 Å². The van der Waals surface area contributed by atoms with Crippen LogP contribution >= 0.6 is 11.6 Å². The van der Waals surface area contributed by atoms with Gasteiger partial charge in [-0.25, -0.2) is 9.50 Å². The number of amides is 1. The lowest BCUT2D eigenvalue weighted by Crippen LogP contribution is -2.13. The van der Waals surface area contributed by atoms with E-state index in [1.54, 1.807) is 29.9 Å². The summed E-state index contributed by atoms with van der Waals surface area (Å²) in [7, 11) is 0. The summed E-state index contributed by atoms with van der Waals surface area (Å²) in [5.74, 6) is -0.343. The number of alkyl halides is 1. The molecule has 0 fully saturated rings. The Morgan fingerprint density at radius 3 is 3.20 bits per heavy atom. The van der Waals surface area contributed by atoms with E-state index in [1.807, 2.05) is 0 Å². The molecule has 0 aliphatic heterocycles. The second-order valence-electron chi connectivity index (χ2n) is 3.03. The maximum atomic E-state index is 11.2. The zero-order valence-corrected chi connectivity index (χ0v) is 8.82. The number of aromatic nitrogens is 3. The van der Waals surface area contributed by atoms with E-state index in [9.17, 15) is 4.79 Å². The zero-order valence-electron chi connectivity index (χ0n) is 8.07. The second kappa shape index (κ2) is 3.86. The van der Waals surface area contributed by atoms with Crippen LogP contribution in [0.15, 0.2) is 18.5 Å². The smallest absolute Gasteiger partial charge is 0.239 e. The first-order valence-corrected chi connectivity index (χ1v) is 4.91. The van der Waals surface area contributed by atoms with Crippen LogP contribution in [-0.4, -0.2) is 26.4 Å². The van der Waals surface area contributed by atoms with E-state index in [-0.39, 0.29) is 11.8 Å². The molecular formula is C9H9ClN4O. The first-order chi connectivity index (χ1) is 7.22. The standard InChI is InChI=1S/C9H9ClN4O/c1-6-8(12-7(15)5-10)9-11-3-2-4-14(9)13-6/h2-4H,5H2,1H3,(H,12,15). The van der Waals surface area contributed by atoms with Gasteiger partial charge in [0.25, 0.3) is 0 Å². The van der Waals surface area contributed by atoms with Gasteiger partial charge in [-0.05, 0) is 13.0 Å². The van der Waals surface area contributed by atoms with Crippen LogP contribution in [0.5, 0.6) is 0 Å². The van der Waals surface area contributed by atoms with Crippen molar-refractivity contribution in [3.63, 3.8) is 0 Å². The van der Waals surface area contributed by atoms with Crippen LogP contribution in [0.3, 0.4) is 0 Å². The fourth-order valence-electron chi connectivity index (χ4n) is 1.32. The third-order valence-electron chi connectivity index (χ3n) is 1.96.